The van der Waals surface area contributed by atoms with E-state index in [-0.39, 0.29) is 21.7 Å². The summed E-state index contributed by atoms with van der Waals surface area (Å²) >= 11 is 11.6. The van der Waals surface area contributed by atoms with Gasteiger partial charge in [-0.05, 0) is 37.5 Å². The summed E-state index contributed by atoms with van der Waals surface area (Å²) in [7, 11) is 0. The van der Waals surface area contributed by atoms with Gasteiger partial charge in [-0.1, -0.05) is 53.5 Å². The van der Waals surface area contributed by atoms with E-state index in [0.717, 1.165) is 18.9 Å². The van der Waals surface area contributed by atoms with Gasteiger partial charge in [0, 0.05) is 6.04 Å². The molecule has 0 fully saturated rings. The fourth-order valence-electron chi connectivity index (χ4n) is 2.10. The molecule has 0 aromatic heterocycles. The molecule has 2 aromatic carbocycles. The van der Waals surface area contributed by atoms with Crippen LogP contribution in [0.2, 0.25) is 10.0 Å². The minimum atomic E-state index is -0.659. The average Bonchev–Trinajstić information content (AvgIpc) is 2.50. The van der Waals surface area contributed by atoms with Crippen molar-refractivity contribution in [1.82, 2.24) is 5.32 Å². The number of aryl methyl sites for hydroxylation is 1. The van der Waals surface area contributed by atoms with Crippen LogP contribution in [0.3, 0.4) is 0 Å². The van der Waals surface area contributed by atoms with E-state index in [0.29, 0.717) is 0 Å². The smallest absolute Gasteiger partial charge is 0.253 e. The Morgan fingerprint density at radius 2 is 1.86 bits per heavy atom. The van der Waals surface area contributed by atoms with E-state index < -0.39 is 11.7 Å². The van der Waals surface area contributed by atoms with Gasteiger partial charge in [0.1, 0.15) is 5.82 Å². The summed E-state index contributed by atoms with van der Waals surface area (Å²) in [5.41, 5.74) is 1.30. The van der Waals surface area contributed by atoms with Crippen LogP contribution in [-0.4, -0.2) is 11.9 Å². The van der Waals surface area contributed by atoms with Crippen LogP contribution in [0.25, 0.3) is 0 Å². The van der Waals surface area contributed by atoms with Gasteiger partial charge in [0.25, 0.3) is 5.91 Å². The molecule has 0 saturated carbocycles. The van der Waals surface area contributed by atoms with E-state index in [1.807, 2.05) is 37.3 Å². The monoisotopic (exact) mass is 339 g/mol. The molecule has 0 heterocycles. The third kappa shape index (κ3) is 4.46. The lowest BCUT2D eigenvalue weighted by atomic mass is 10.1. The van der Waals surface area contributed by atoms with Crippen LogP contribution in [0, 0.1) is 5.82 Å². The second-order valence-electron chi connectivity index (χ2n) is 5.14. The summed E-state index contributed by atoms with van der Waals surface area (Å²) in [4.78, 5) is 12.1. The number of carbonyl (C=O) groups excluding carboxylic acids is 1. The van der Waals surface area contributed by atoms with Crippen molar-refractivity contribution in [2.75, 3.05) is 0 Å². The Hall–Kier alpha value is -1.58. The predicted octanol–water partition coefficient (Wildman–Crippen LogP) is 4.88. The number of hydrogen-bond donors (Lipinski definition) is 1. The number of benzene rings is 2. The van der Waals surface area contributed by atoms with Crippen LogP contribution >= 0.6 is 23.2 Å². The highest BCUT2D eigenvalue weighted by molar-refractivity contribution is 6.36. The van der Waals surface area contributed by atoms with Gasteiger partial charge in [0.2, 0.25) is 0 Å². The number of amides is 1. The van der Waals surface area contributed by atoms with Crippen molar-refractivity contribution in [3.8, 4) is 0 Å². The van der Waals surface area contributed by atoms with E-state index in [1.165, 1.54) is 11.6 Å². The average molecular weight is 340 g/mol. The first-order valence-corrected chi connectivity index (χ1v) is 7.72. The van der Waals surface area contributed by atoms with Gasteiger partial charge in [0.15, 0.2) is 0 Å². The van der Waals surface area contributed by atoms with Gasteiger partial charge in [-0.15, -0.1) is 0 Å². The van der Waals surface area contributed by atoms with Crippen LogP contribution in [-0.2, 0) is 6.42 Å². The lowest BCUT2D eigenvalue weighted by Gasteiger charge is -2.15. The largest absolute Gasteiger partial charge is 0.350 e. The molecule has 2 rings (SSSR count). The molecule has 2 nitrogen and oxygen atoms in total. The van der Waals surface area contributed by atoms with Crippen molar-refractivity contribution >= 4 is 29.1 Å². The molecule has 0 aliphatic rings. The molecule has 2 aromatic rings. The normalized spacial score (nSPS) is 12.0. The minimum Gasteiger partial charge on any atom is -0.350 e. The van der Waals surface area contributed by atoms with Gasteiger partial charge in [0.05, 0.1) is 15.6 Å². The molecule has 22 heavy (non-hydrogen) atoms. The fraction of sp³-hybridized carbons (Fsp3) is 0.235. The molecule has 5 heteroatoms. The van der Waals surface area contributed by atoms with E-state index in [4.69, 9.17) is 23.2 Å². The number of rotatable bonds is 5. The highest BCUT2D eigenvalue weighted by Gasteiger charge is 2.16. The number of nitrogens with one attached hydrogen (secondary N) is 1. The van der Waals surface area contributed by atoms with E-state index in [1.54, 1.807) is 0 Å². The van der Waals surface area contributed by atoms with E-state index >= 15 is 0 Å². The molecule has 1 N–H and O–H groups in total. The Balaban J connectivity index is 1.95. The van der Waals surface area contributed by atoms with Crippen molar-refractivity contribution < 1.29 is 9.18 Å². The molecule has 0 spiro atoms. The second kappa shape index (κ2) is 7.61. The molecule has 116 valence electrons. The fourth-order valence-corrected chi connectivity index (χ4v) is 2.57. The highest BCUT2D eigenvalue weighted by atomic mass is 35.5. The van der Waals surface area contributed by atoms with Crippen LogP contribution in [0.1, 0.15) is 29.3 Å². The number of carbonyl (C=O) groups is 1. The number of halogens is 3. The number of hydrogen-bond acceptors (Lipinski definition) is 1. The zero-order valence-corrected chi connectivity index (χ0v) is 13.6. The Kier molecular flexibility index (Phi) is 5.81. The van der Waals surface area contributed by atoms with Gasteiger partial charge in [-0.25, -0.2) is 4.39 Å². The van der Waals surface area contributed by atoms with Crippen molar-refractivity contribution in [1.29, 1.82) is 0 Å². The van der Waals surface area contributed by atoms with Crippen molar-refractivity contribution in [3.05, 3.63) is 69.5 Å². The first kappa shape index (κ1) is 16.8. The minimum absolute atomic E-state index is 0.0532. The van der Waals surface area contributed by atoms with E-state index in [9.17, 15) is 9.18 Å². The molecular weight excluding hydrogens is 324 g/mol. The van der Waals surface area contributed by atoms with Crippen LogP contribution in [0.5, 0.6) is 0 Å². The molecule has 1 amide bonds. The summed E-state index contributed by atoms with van der Waals surface area (Å²) in [5, 5.41) is 2.86. The maximum atomic E-state index is 13.5. The molecule has 0 aliphatic carbocycles. The molecule has 0 radical (unpaired) electrons. The van der Waals surface area contributed by atoms with Gasteiger partial charge < -0.3 is 5.32 Å². The summed E-state index contributed by atoms with van der Waals surface area (Å²) in [6.07, 6.45) is 1.63. The Bertz CT molecular complexity index is 661. The summed E-state index contributed by atoms with van der Waals surface area (Å²) in [6.45, 7) is 1.90. The summed E-state index contributed by atoms with van der Waals surface area (Å²) in [5.74, 6) is -1.06. The Labute approximate surface area is 139 Å². The third-order valence-electron chi connectivity index (χ3n) is 3.34. The molecule has 1 atom stereocenters. The van der Waals surface area contributed by atoms with Gasteiger partial charge >= 0.3 is 0 Å². The predicted molar refractivity (Wildman–Crippen MR) is 88.1 cm³/mol. The van der Waals surface area contributed by atoms with Gasteiger partial charge in [-0.2, -0.15) is 0 Å². The van der Waals surface area contributed by atoms with Crippen molar-refractivity contribution in [2.24, 2.45) is 0 Å². The molecule has 0 aliphatic heterocycles. The van der Waals surface area contributed by atoms with Crippen LogP contribution < -0.4 is 5.32 Å². The molecule has 0 saturated heterocycles. The first-order chi connectivity index (χ1) is 10.5. The van der Waals surface area contributed by atoms with Crippen molar-refractivity contribution in [2.45, 2.75) is 25.8 Å². The maximum absolute atomic E-state index is 13.5. The van der Waals surface area contributed by atoms with E-state index in [2.05, 4.69) is 5.32 Å². The molecule has 0 bridgehead atoms. The van der Waals surface area contributed by atoms with Crippen molar-refractivity contribution in [3.63, 3.8) is 0 Å². The topological polar surface area (TPSA) is 29.1 Å². The lowest BCUT2D eigenvalue weighted by molar-refractivity contribution is 0.0938. The SMILES string of the molecule is CC(CCc1ccccc1)NC(=O)c1cc(F)c(Cl)cc1Cl. The van der Waals surface area contributed by atoms with Crippen LogP contribution in [0.4, 0.5) is 4.39 Å². The quantitative estimate of drug-likeness (QED) is 0.772. The first-order valence-electron chi connectivity index (χ1n) is 6.96. The maximum Gasteiger partial charge on any atom is 0.253 e. The summed E-state index contributed by atoms with van der Waals surface area (Å²) in [6, 6.07) is 12.3. The molecule has 1 unspecified atom stereocenters. The second-order valence-corrected chi connectivity index (χ2v) is 5.96. The highest BCUT2D eigenvalue weighted by Crippen LogP contribution is 2.24. The zero-order valence-electron chi connectivity index (χ0n) is 12.1. The summed E-state index contributed by atoms with van der Waals surface area (Å²) < 4.78 is 13.5. The van der Waals surface area contributed by atoms with Gasteiger partial charge in [-0.3, -0.25) is 4.79 Å². The Morgan fingerprint density at radius 1 is 1.18 bits per heavy atom. The molecular formula is C17H16Cl2FNO. The standard InChI is InChI=1S/C17H16Cl2FNO/c1-11(7-8-12-5-3-2-4-6-12)21-17(22)13-9-16(20)15(19)10-14(13)18/h2-6,9-11H,7-8H2,1H3,(H,21,22). The lowest BCUT2D eigenvalue weighted by Crippen LogP contribution is -2.33. The Morgan fingerprint density at radius 3 is 2.55 bits per heavy atom. The van der Waals surface area contributed by atoms with Crippen LogP contribution in [0.15, 0.2) is 42.5 Å². The zero-order chi connectivity index (χ0) is 16.1. The third-order valence-corrected chi connectivity index (χ3v) is 3.94.